The summed E-state index contributed by atoms with van der Waals surface area (Å²) in [4.78, 5) is 17.3. The lowest BCUT2D eigenvalue weighted by Gasteiger charge is -2.07. The molecule has 0 atom stereocenters. The fourth-order valence-electron chi connectivity index (χ4n) is 2.91. The first kappa shape index (κ1) is 18.4. The van der Waals surface area contributed by atoms with Crippen LogP contribution in [0.3, 0.4) is 0 Å². The largest absolute Gasteiger partial charge is 0.461 e. The first-order valence-electron chi connectivity index (χ1n) is 8.61. The van der Waals surface area contributed by atoms with E-state index in [-0.39, 0.29) is 16.9 Å². The van der Waals surface area contributed by atoms with Gasteiger partial charge < -0.3 is 8.83 Å². The Labute approximate surface area is 169 Å². The molecule has 0 unspecified atom stereocenters. The van der Waals surface area contributed by atoms with Crippen LogP contribution in [0.15, 0.2) is 68.4 Å². The molecule has 0 saturated heterocycles. The van der Waals surface area contributed by atoms with Crippen LogP contribution in [0.5, 0.6) is 0 Å². The number of hydrogen-bond donors (Lipinski definition) is 0. The van der Waals surface area contributed by atoms with Gasteiger partial charge in [-0.05, 0) is 36.4 Å². The minimum Gasteiger partial charge on any atom is -0.461 e. The minimum atomic E-state index is -4.44. The molecule has 0 N–H and O–H groups in total. The number of thiazole rings is 1. The molecule has 4 heterocycles. The molecule has 4 aromatic heterocycles. The predicted molar refractivity (Wildman–Crippen MR) is 103 cm³/mol. The highest BCUT2D eigenvalue weighted by Gasteiger charge is 2.30. The van der Waals surface area contributed by atoms with Crippen molar-refractivity contribution in [3.05, 3.63) is 81.0 Å². The third kappa shape index (κ3) is 3.20. The second kappa shape index (κ2) is 6.70. The van der Waals surface area contributed by atoms with E-state index in [4.69, 9.17) is 8.83 Å². The lowest BCUT2D eigenvalue weighted by atomic mass is 10.1. The molecule has 0 amide bonds. The second-order valence-electron chi connectivity index (χ2n) is 6.30. The van der Waals surface area contributed by atoms with E-state index < -0.39 is 11.7 Å². The highest BCUT2D eigenvalue weighted by atomic mass is 32.1. The van der Waals surface area contributed by atoms with Crippen LogP contribution in [0.25, 0.3) is 33.9 Å². The van der Waals surface area contributed by atoms with Crippen molar-refractivity contribution in [3.63, 3.8) is 0 Å². The van der Waals surface area contributed by atoms with E-state index in [9.17, 15) is 18.0 Å². The monoisotopic (exact) mass is 429 g/mol. The van der Waals surface area contributed by atoms with Gasteiger partial charge in [0.25, 0.3) is 5.56 Å². The van der Waals surface area contributed by atoms with Crippen molar-refractivity contribution < 1.29 is 22.0 Å². The molecule has 0 aliphatic rings. The van der Waals surface area contributed by atoms with Crippen molar-refractivity contribution in [2.45, 2.75) is 6.18 Å². The van der Waals surface area contributed by atoms with E-state index in [0.29, 0.717) is 26.8 Å². The van der Waals surface area contributed by atoms with Gasteiger partial charge in [-0.1, -0.05) is 23.5 Å². The Balaban J connectivity index is 1.50. The maximum absolute atomic E-state index is 12.9. The number of nitrogens with zero attached hydrogens (tertiary/aromatic N) is 3. The maximum Gasteiger partial charge on any atom is 0.416 e. The average Bonchev–Trinajstić information content (AvgIpc) is 3.48. The van der Waals surface area contributed by atoms with Gasteiger partial charge in [0.1, 0.15) is 16.1 Å². The zero-order chi connectivity index (χ0) is 20.9. The van der Waals surface area contributed by atoms with Crippen molar-refractivity contribution in [2.24, 2.45) is 0 Å². The van der Waals surface area contributed by atoms with Crippen LogP contribution in [0.2, 0.25) is 0 Å². The molecule has 0 radical (unpaired) electrons. The summed E-state index contributed by atoms with van der Waals surface area (Å²) < 4.78 is 51.1. The van der Waals surface area contributed by atoms with Crippen molar-refractivity contribution in [2.75, 3.05) is 0 Å². The fraction of sp³-hybridized carbons (Fsp3) is 0.0500. The molecule has 0 fully saturated rings. The lowest BCUT2D eigenvalue weighted by molar-refractivity contribution is -0.137. The van der Waals surface area contributed by atoms with E-state index in [1.165, 1.54) is 29.0 Å². The number of halogens is 3. The standard InChI is InChI=1S/C20H10F3N3O3S/c21-20(22,23)12-4-1-3-11(9-12)14-7-6-13(29-14)10-16-18(27)26-19(30-16)24-17(25-26)15-5-2-8-28-15/h1-10H/b16-10-. The van der Waals surface area contributed by atoms with Gasteiger partial charge in [-0.2, -0.15) is 22.7 Å². The zero-order valence-electron chi connectivity index (χ0n) is 14.9. The van der Waals surface area contributed by atoms with Crippen LogP contribution < -0.4 is 10.1 Å². The Morgan fingerprint density at radius 3 is 2.67 bits per heavy atom. The second-order valence-corrected chi connectivity index (χ2v) is 7.31. The molecule has 30 heavy (non-hydrogen) atoms. The van der Waals surface area contributed by atoms with Crippen LogP contribution in [0.4, 0.5) is 13.2 Å². The van der Waals surface area contributed by atoms with Crippen LogP contribution in [0.1, 0.15) is 11.3 Å². The Hall–Kier alpha value is -3.66. The summed E-state index contributed by atoms with van der Waals surface area (Å²) in [5, 5.41) is 4.16. The van der Waals surface area contributed by atoms with Crippen LogP contribution in [0, 0.1) is 0 Å². The third-order valence-corrected chi connectivity index (χ3v) is 5.26. The molecule has 5 aromatic rings. The molecule has 6 nitrogen and oxygen atoms in total. The number of rotatable bonds is 3. The summed E-state index contributed by atoms with van der Waals surface area (Å²) in [6.45, 7) is 0. The van der Waals surface area contributed by atoms with Crippen molar-refractivity contribution in [3.8, 4) is 22.9 Å². The van der Waals surface area contributed by atoms with Crippen LogP contribution in [-0.4, -0.2) is 14.6 Å². The quantitative estimate of drug-likeness (QED) is 0.429. The van der Waals surface area contributed by atoms with Crippen molar-refractivity contribution in [1.82, 2.24) is 14.6 Å². The molecule has 0 saturated carbocycles. The maximum atomic E-state index is 12.9. The highest BCUT2D eigenvalue weighted by molar-refractivity contribution is 7.15. The molecule has 0 aliphatic heterocycles. The molecule has 0 spiro atoms. The van der Waals surface area contributed by atoms with Gasteiger partial charge in [-0.25, -0.2) is 0 Å². The summed E-state index contributed by atoms with van der Waals surface area (Å²) >= 11 is 1.12. The molecule has 0 bridgehead atoms. The van der Waals surface area contributed by atoms with E-state index in [0.717, 1.165) is 23.5 Å². The van der Waals surface area contributed by atoms with Gasteiger partial charge >= 0.3 is 6.18 Å². The molecular formula is C20H10F3N3O3S. The number of aromatic nitrogens is 3. The number of hydrogen-bond acceptors (Lipinski definition) is 6. The van der Waals surface area contributed by atoms with Crippen molar-refractivity contribution in [1.29, 1.82) is 0 Å². The number of benzene rings is 1. The normalized spacial score (nSPS) is 12.8. The summed E-state index contributed by atoms with van der Waals surface area (Å²) in [5.41, 5.74) is -0.850. The topological polar surface area (TPSA) is 73.5 Å². The summed E-state index contributed by atoms with van der Waals surface area (Å²) in [6.07, 6.45) is -1.45. The molecule has 10 heteroatoms. The molecule has 5 rings (SSSR count). The van der Waals surface area contributed by atoms with Crippen LogP contribution in [-0.2, 0) is 6.18 Å². The fourth-order valence-corrected chi connectivity index (χ4v) is 3.80. The number of furan rings is 2. The molecule has 1 aromatic carbocycles. The molecular weight excluding hydrogens is 419 g/mol. The number of fused-ring (bicyclic) bond motifs is 1. The average molecular weight is 429 g/mol. The van der Waals surface area contributed by atoms with Crippen molar-refractivity contribution >= 4 is 22.4 Å². The molecule has 150 valence electrons. The van der Waals surface area contributed by atoms with Gasteiger partial charge in [0.2, 0.25) is 10.8 Å². The summed E-state index contributed by atoms with van der Waals surface area (Å²) in [5.74, 6) is 1.35. The Bertz CT molecular complexity index is 1460. The lowest BCUT2D eigenvalue weighted by Crippen LogP contribution is -2.23. The van der Waals surface area contributed by atoms with Gasteiger partial charge in [0, 0.05) is 11.6 Å². The number of alkyl halides is 3. The van der Waals surface area contributed by atoms with E-state index in [2.05, 4.69) is 10.1 Å². The van der Waals surface area contributed by atoms with E-state index in [1.54, 1.807) is 24.3 Å². The highest BCUT2D eigenvalue weighted by Crippen LogP contribution is 2.32. The first-order chi connectivity index (χ1) is 14.4. The Kier molecular flexibility index (Phi) is 4.10. The van der Waals surface area contributed by atoms with Gasteiger partial charge in [0.15, 0.2) is 5.76 Å². The zero-order valence-corrected chi connectivity index (χ0v) is 15.7. The smallest absolute Gasteiger partial charge is 0.416 e. The summed E-state index contributed by atoms with van der Waals surface area (Å²) in [6, 6.07) is 11.4. The molecule has 0 aliphatic carbocycles. The van der Waals surface area contributed by atoms with Gasteiger partial charge in [0.05, 0.1) is 11.8 Å². The SMILES string of the molecule is O=c1/c(=C/c2ccc(-c3cccc(C(F)(F)F)c3)o2)sc2nc(-c3ccco3)nn12. The minimum absolute atomic E-state index is 0.263. The van der Waals surface area contributed by atoms with E-state index in [1.807, 2.05) is 0 Å². The third-order valence-electron chi connectivity index (χ3n) is 4.30. The first-order valence-corrected chi connectivity index (χ1v) is 9.43. The Morgan fingerprint density at radius 2 is 1.93 bits per heavy atom. The van der Waals surface area contributed by atoms with Gasteiger partial charge in [-0.15, -0.1) is 5.10 Å². The predicted octanol–water partition coefficient (Wildman–Crippen LogP) is 4.24. The van der Waals surface area contributed by atoms with E-state index >= 15 is 0 Å². The van der Waals surface area contributed by atoms with Gasteiger partial charge in [-0.3, -0.25) is 4.79 Å². The summed E-state index contributed by atoms with van der Waals surface area (Å²) in [7, 11) is 0. The Morgan fingerprint density at radius 1 is 1.07 bits per heavy atom. The van der Waals surface area contributed by atoms with Crippen LogP contribution >= 0.6 is 11.3 Å².